The topological polar surface area (TPSA) is 63.3 Å². The smallest absolute Gasteiger partial charge is 0.358 e. The maximum atomic E-state index is 10.9. The van der Waals surface area contributed by atoms with Gasteiger partial charge in [0, 0.05) is 11.5 Å². The van der Waals surface area contributed by atoms with Crippen molar-refractivity contribution in [1.82, 2.24) is 5.16 Å². The van der Waals surface area contributed by atoms with Crippen molar-refractivity contribution in [1.29, 1.82) is 0 Å². The van der Waals surface area contributed by atoms with E-state index in [0.29, 0.717) is 5.92 Å². The van der Waals surface area contributed by atoms with Crippen LogP contribution in [0.15, 0.2) is 4.52 Å². The van der Waals surface area contributed by atoms with Crippen LogP contribution in [0, 0.1) is 0 Å². The molecule has 0 radical (unpaired) electrons. The first kappa shape index (κ1) is 9.24. The number of hydrogen-bond acceptors (Lipinski definition) is 3. The fourth-order valence-electron chi connectivity index (χ4n) is 2.07. The van der Waals surface area contributed by atoms with Gasteiger partial charge in [-0.3, -0.25) is 0 Å². The van der Waals surface area contributed by atoms with Gasteiger partial charge in [0.15, 0.2) is 5.69 Å². The number of carboxylic acids is 1. The highest BCUT2D eigenvalue weighted by atomic mass is 16.5. The molecule has 0 aliphatic heterocycles. The summed E-state index contributed by atoms with van der Waals surface area (Å²) in [5, 5.41) is 12.5. The first-order valence-corrected chi connectivity index (χ1v) is 4.84. The van der Waals surface area contributed by atoms with E-state index in [4.69, 9.17) is 9.63 Å². The van der Waals surface area contributed by atoms with Gasteiger partial charge in [-0.25, -0.2) is 4.79 Å². The third-order valence-corrected chi connectivity index (χ3v) is 2.93. The average molecular weight is 195 g/mol. The molecule has 1 N–H and O–H groups in total. The molecule has 0 spiro atoms. The molecule has 1 aromatic rings. The minimum absolute atomic E-state index is 0.0963. The molecule has 0 amide bonds. The molecule has 1 aromatic heterocycles. The van der Waals surface area contributed by atoms with Gasteiger partial charge in [-0.05, 0) is 18.8 Å². The minimum atomic E-state index is -0.990. The van der Waals surface area contributed by atoms with Gasteiger partial charge in [-0.1, -0.05) is 19.0 Å². The van der Waals surface area contributed by atoms with Crippen molar-refractivity contribution < 1.29 is 14.4 Å². The van der Waals surface area contributed by atoms with E-state index in [-0.39, 0.29) is 11.6 Å². The summed E-state index contributed by atoms with van der Waals surface area (Å²) in [6.45, 7) is 4.07. The Bertz CT molecular complexity index is 369. The average Bonchev–Trinajstić information content (AvgIpc) is 2.56. The van der Waals surface area contributed by atoms with Crippen LogP contribution in [0.2, 0.25) is 0 Å². The number of carboxylic acid groups (broad SMARTS) is 1. The summed E-state index contributed by atoms with van der Waals surface area (Å²) in [5.41, 5.74) is 0.898. The zero-order valence-corrected chi connectivity index (χ0v) is 8.28. The van der Waals surface area contributed by atoms with Crippen LogP contribution in [0.4, 0.5) is 0 Å². The van der Waals surface area contributed by atoms with Crippen LogP contribution in [0.5, 0.6) is 0 Å². The lowest BCUT2D eigenvalue weighted by molar-refractivity contribution is 0.0684. The van der Waals surface area contributed by atoms with E-state index >= 15 is 0 Å². The molecule has 14 heavy (non-hydrogen) atoms. The van der Waals surface area contributed by atoms with E-state index in [9.17, 15) is 4.79 Å². The molecule has 4 nitrogen and oxygen atoms in total. The largest absolute Gasteiger partial charge is 0.476 e. The van der Waals surface area contributed by atoms with Crippen molar-refractivity contribution in [2.45, 2.75) is 38.5 Å². The summed E-state index contributed by atoms with van der Waals surface area (Å²) >= 11 is 0. The fourth-order valence-corrected chi connectivity index (χ4v) is 2.07. The number of carbonyl (C=O) groups is 1. The second-order valence-corrected chi connectivity index (χ2v) is 3.99. The lowest BCUT2D eigenvalue weighted by Gasteiger charge is -2.21. The summed E-state index contributed by atoms with van der Waals surface area (Å²) in [6.07, 6.45) is 2.05. The number of aromatic carboxylic acids is 1. The van der Waals surface area contributed by atoms with Crippen LogP contribution < -0.4 is 0 Å². The van der Waals surface area contributed by atoms with Crippen molar-refractivity contribution in [2.24, 2.45) is 0 Å². The Morgan fingerprint density at radius 2 is 2.07 bits per heavy atom. The molecule has 0 bridgehead atoms. The first-order valence-electron chi connectivity index (χ1n) is 4.84. The normalized spacial score (nSPS) is 25.9. The lowest BCUT2D eigenvalue weighted by Crippen LogP contribution is -2.12. The molecule has 0 aromatic carbocycles. The van der Waals surface area contributed by atoms with Crippen LogP contribution in [0.1, 0.15) is 60.3 Å². The molecule has 0 saturated heterocycles. The predicted molar refractivity (Wildman–Crippen MR) is 49.5 cm³/mol. The number of nitrogens with zero attached hydrogens (tertiary/aromatic N) is 1. The Labute approximate surface area is 81.9 Å². The molecule has 4 heteroatoms. The van der Waals surface area contributed by atoms with Gasteiger partial charge in [-0.15, -0.1) is 0 Å². The molecular weight excluding hydrogens is 182 g/mol. The molecule has 1 aliphatic carbocycles. The molecular formula is C10H13NO3. The van der Waals surface area contributed by atoms with Crippen LogP contribution in [-0.4, -0.2) is 16.2 Å². The van der Waals surface area contributed by atoms with E-state index in [1.54, 1.807) is 0 Å². The van der Waals surface area contributed by atoms with Gasteiger partial charge in [0.05, 0.1) is 0 Å². The SMILES string of the molecule is CC1CCC(C)c2c(C(=O)O)noc21. The van der Waals surface area contributed by atoms with Crippen LogP contribution in [0.3, 0.4) is 0 Å². The molecule has 1 heterocycles. The summed E-state index contributed by atoms with van der Waals surface area (Å²) in [7, 11) is 0. The second kappa shape index (κ2) is 3.12. The van der Waals surface area contributed by atoms with Gasteiger partial charge < -0.3 is 9.63 Å². The molecule has 0 fully saturated rings. The summed E-state index contributed by atoms with van der Waals surface area (Å²) < 4.78 is 5.10. The summed E-state index contributed by atoms with van der Waals surface area (Å²) in [4.78, 5) is 10.9. The van der Waals surface area contributed by atoms with Crippen molar-refractivity contribution in [3.8, 4) is 0 Å². The van der Waals surface area contributed by atoms with Crippen molar-refractivity contribution in [3.05, 3.63) is 17.0 Å². The van der Waals surface area contributed by atoms with Crippen molar-refractivity contribution in [2.75, 3.05) is 0 Å². The van der Waals surface area contributed by atoms with Crippen LogP contribution in [0.25, 0.3) is 0 Å². The predicted octanol–water partition coefficient (Wildman–Crippen LogP) is 2.37. The maximum Gasteiger partial charge on any atom is 0.358 e. The monoisotopic (exact) mass is 195 g/mol. The number of rotatable bonds is 1. The van der Waals surface area contributed by atoms with Crippen molar-refractivity contribution in [3.63, 3.8) is 0 Å². The van der Waals surface area contributed by atoms with Crippen LogP contribution >= 0.6 is 0 Å². The molecule has 1 aliphatic rings. The molecule has 2 unspecified atom stereocenters. The van der Waals surface area contributed by atoms with Crippen LogP contribution in [-0.2, 0) is 0 Å². The summed E-state index contributed by atoms with van der Waals surface area (Å²) in [6, 6.07) is 0. The maximum absolute atomic E-state index is 10.9. The fraction of sp³-hybridized carbons (Fsp3) is 0.600. The zero-order chi connectivity index (χ0) is 10.3. The standard InChI is InChI=1S/C10H13NO3/c1-5-3-4-6(2)9-7(5)8(10(12)13)11-14-9/h5-6H,3-4H2,1-2H3,(H,12,13). The minimum Gasteiger partial charge on any atom is -0.476 e. The van der Waals surface area contributed by atoms with E-state index < -0.39 is 5.97 Å². The number of aromatic nitrogens is 1. The summed E-state index contributed by atoms with van der Waals surface area (Å²) in [5.74, 6) is 0.317. The Kier molecular flexibility index (Phi) is 2.06. The third kappa shape index (κ3) is 1.22. The zero-order valence-electron chi connectivity index (χ0n) is 8.28. The van der Waals surface area contributed by atoms with Gasteiger partial charge in [0.1, 0.15) is 5.76 Å². The highest BCUT2D eigenvalue weighted by Crippen LogP contribution is 2.39. The Balaban J connectivity index is 2.53. The van der Waals surface area contributed by atoms with Gasteiger partial charge in [0.2, 0.25) is 0 Å². The van der Waals surface area contributed by atoms with E-state index in [1.165, 1.54) is 0 Å². The highest BCUT2D eigenvalue weighted by Gasteiger charge is 2.32. The van der Waals surface area contributed by atoms with Gasteiger partial charge in [-0.2, -0.15) is 0 Å². The quantitative estimate of drug-likeness (QED) is 0.747. The van der Waals surface area contributed by atoms with Gasteiger partial charge >= 0.3 is 5.97 Å². The van der Waals surface area contributed by atoms with Gasteiger partial charge in [0.25, 0.3) is 0 Å². The number of fused-ring (bicyclic) bond motifs is 1. The first-order chi connectivity index (χ1) is 6.61. The van der Waals surface area contributed by atoms with E-state index in [1.807, 2.05) is 13.8 Å². The Morgan fingerprint density at radius 1 is 1.43 bits per heavy atom. The second-order valence-electron chi connectivity index (χ2n) is 3.99. The Hall–Kier alpha value is -1.32. The molecule has 2 atom stereocenters. The highest BCUT2D eigenvalue weighted by molar-refractivity contribution is 5.87. The molecule has 2 rings (SSSR count). The molecule has 0 saturated carbocycles. The number of hydrogen-bond donors (Lipinski definition) is 1. The Morgan fingerprint density at radius 3 is 2.71 bits per heavy atom. The lowest BCUT2D eigenvalue weighted by atomic mass is 9.82. The van der Waals surface area contributed by atoms with Crippen molar-refractivity contribution >= 4 is 5.97 Å². The third-order valence-electron chi connectivity index (χ3n) is 2.93. The molecule has 76 valence electrons. The van der Waals surface area contributed by atoms with E-state index in [0.717, 1.165) is 24.2 Å². The van der Waals surface area contributed by atoms with E-state index in [2.05, 4.69) is 5.16 Å².